The van der Waals surface area contributed by atoms with E-state index in [2.05, 4.69) is 10.1 Å². The number of hydrogen-bond donors (Lipinski definition) is 0. The van der Waals surface area contributed by atoms with Crippen LogP contribution in [0.4, 0.5) is 0 Å². The van der Waals surface area contributed by atoms with Crippen LogP contribution in [0.5, 0.6) is 0 Å². The molecule has 0 radical (unpaired) electrons. The van der Waals surface area contributed by atoms with E-state index in [-0.39, 0.29) is 11.2 Å². The van der Waals surface area contributed by atoms with Gasteiger partial charge < -0.3 is 0 Å². The van der Waals surface area contributed by atoms with Crippen LogP contribution >= 0.6 is 35.0 Å². The van der Waals surface area contributed by atoms with Crippen LogP contribution in [-0.2, 0) is 0 Å². The Balaban J connectivity index is 1.69. The van der Waals surface area contributed by atoms with E-state index in [1.54, 1.807) is 6.07 Å². The topological polar surface area (TPSA) is 47.8 Å². The van der Waals surface area contributed by atoms with E-state index >= 15 is 0 Å². The first kappa shape index (κ1) is 16.6. The van der Waals surface area contributed by atoms with Crippen LogP contribution in [0.3, 0.4) is 0 Å². The zero-order valence-corrected chi connectivity index (χ0v) is 15.6. The van der Waals surface area contributed by atoms with E-state index in [0.717, 1.165) is 16.7 Å². The van der Waals surface area contributed by atoms with Gasteiger partial charge in [0.15, 0.2) is 11.0 Å². The number of nitrogens with zero attached hydrogens (tertiary/aromatic N) is 3. The van der Waals surface area contributed by atoms with Gasteiger partial charge >= 0.3 is 0 Å². The van der Waals surface area contributed by atoms with Crippen molar-refractivity contribution in [1.29, 1.82) is 0 Å². The molecule has 1 unspecified atom stereocenters. The number of fused-ring (bicyclic) bond motifs is 1. The summed E-state index contributed by atoms with van der Waals surface area (Å²) in [4.78, 5) is 17.1. The number of hydrogen-bond acceptors (Lipinski definition) is 4. The highest BCUT2D eigenvalue weighted by atomic mass is 35.5. The van der Waals surface area contributed by atoms with Crippen molar-refractivity contribution in [3.05, 3.63) is 63.6 Å². The molecule has 1 aliphatic rings. The Hall–Kier alpha value is -1.82. The third-order valence-electron chi connectivity index (χ3n) is 4.01. The molecule has 4 nitrogen and oxygen atoms in total. The molecule has 1 atom stereocenters. The molecule has 1 aliphatic heterocycles. The van der Waals surface area contributed by atoms with Gasteiger partial charge in [0.2, 0.25) is 0 Å². The fraction of sp³-hybridized carbons (Fsp3) is 0.167. The van der Waals surface area contributed by atoms with Gasteiger partial charge in [-0.25, -0.2) is 4.98 Å². The minimum Gasteiger partial charge on any atom is -0.272 e. The van der Waals surface area contributed by atoms with Crippen LogP contribution < -0.4 is 0 Å². The third kappa shape index (κ3) is 3.19. The predicted octanol–water partition coefficient (Wildman–Crippen LogP) is 5.44. The molecule has 0 aliphatic carbocycles. The summed E-state index contributed by atoms with van der Waals surface area (Å²) in [6.45, 7) is 2.01. The summed E-state index contributed by atoms with van der Waals surface area (Å²) < 4.78 is 1.40. The maximum atomic E-state index is 12.5. The van der Waals surface area contributed by atoms with E-state index in [4.69, 9.17) is 23.2 Å². The molecular formula is C18H13Cl2N3OS. The molecule has 126 valence electrons. The molecule has 2 heterocycles. The van der Waals surface area contributed by atoms with Gasteiger partial charge in [-0.3, -0.25) is 4.79 Å². The van der Waals surface area contributed by atoms with Crippen LogP contribution in [0.1, 0.15) is 27.6 Å². The summed E-state index contributed by atoms with van der Waals surface area (Å²) >= 11 is 13.6. The molecule has 0 saturated heterocycles. The lowest BCUT2D eigenvalue weighted by atomic mass is 10.1. The molecule has 3 aromatic rings. The van der Waals surface area contributed by atoms with Crippen molar-refractivity contribution in [1.82, 2.24) is 14.8 Å². The minimum atomic E-state index is -0.0729. The summed E-state index contributed by atoms with van der Waals surface area (Å²) in [5, 5.41) is 5.93. The molecule has 4 rings (SSSR count). The normalized spacial score (nSPS) is 16.8. The zero-order chi connectivity index (χ0) is 17.6. The van der Waals surface area contributed by atoms with Crippen molar-refractivity contribution in [3.63, 3.8) is 0 Å². The molecule has 0 saturated carbocycles. The van der Waals surface area contributed by atoms with Gasteiger partial charge in [-0.05, 0) is 30.7 Å². The van der Waals surface area contributed by atoms with Crippen molar-refractivity contribution in [3.8, 4) is 11.4 Å². The number of rotatable bonds is 2. The summed E-state index contributed by atoms with van der Waals surface area (Å²) in [5.41, 5.74) is 2.98. The molecule has 1 aromatic heterocycles. The highest BCUT2D eigenvalue weighted by Gasteiger charge is 2.30. The Morgan fingerprint density at radius 3 is 2.76 bits per heavy atom. The lowest BCUT2D eigenvalue weighted by Gasteiger charge is -2.20. The monoisotopic (exact) mass is 389 g/mol. The minimum absolute atomic E-state index is 0.0515. The number of aromatic nitrogens is 3. The molecule has 0 spiro atoms. The average molecular weight is 390 g/mol. The first-order chi connectivity index (χ1) is 12.0. The number of thioether (sulfide) groups is 1. The van der Waals surface area contributed by atoms with Crippen LogP contribution in [0, 0.1) is 6.92 Å². The Labute approximate surface area is 159 Å². The molecule has 0 fully saturated rings. The van der Waals surface area contributed by atoms with Crippen molar-refractivity contribution < 1.29 is 4.79 Å². The standard InChI is InChI=1S/C18H13Cl2N3OS/c1-10-3-2-4-12(7-10)17-21-18-23(22-17)16(24)9-15(25-18)11-5-6-13(19)14(20)8-11/h2-8,15H,9H2,1H3. The maximum absolute atomic E-state index is 12.5. The molecule has 0 bridgehead atoms. The first-order valence-electron chi connectivity index (χ1n) is 7.70. The Kier molecular flexibility index (Phi) is 4.31. The van der Waals surface area contributed by atoms with Crippen LogP contribution in [0.2, 0.25) is 10.0 Å². The van der Waals surface area contributed by atoms with Crippen LogP contribution in [0.25, 0.3) is 11.4 Å². The highest BCUT2D eigenvalue weighted by Crippen LogP contribution is 2.42. The van der Waals surface area contributed by atoms with Gasteiger partial charge in [-0.2, -0.15) is 4.68 Å². The predicted molar refractivity (Wildman–Crippen MR) is 100 cm³/mol. The maximum Gasteiger partial charge on any atom is 0.250 e. The zero-order valence-electron chi connectivity index (χ0n) is 13.2. The van der Waals surface area contributed by atoms with Gasteiger partial charge in [0.1, 0.15) is 0 Å². The molecule has 2 aromatic carbocycles. The Bertz CT molecular complexity index is 986. The van der Waals surface area contributed by atoms with E-state index in [9.17, 15) is 4.79 Å². The fourth-order valence-electron chi connectivity index (χ4n) is 2.76. The number of carbonyl (C=O) groups excluding carboxylic acids is 1. The quantitative estimate of drug-likeness (QED) is 0.585. The van der Waals surface area contributed by atoms with Crippen molar-refractivity contribution in [2.45, 2.75) is 23.8 Å². The van der Waals surface area contributed by atoms with E-state index in [1.165, 1.54) is 16.4 Å². The lowest BCUT2D eigenvalue weighted by molar-refractivity contribution is 0.0868. The average Bonchev–Trinajstić information content (AvgIpc) is 3.02. The molecule has 0 N–H and O–H groups in total. The van der Waals surface area contributed by atoms with E-state index in [0.29, 0.717) is 27.4 Å². The largest absolute Gasteiger partial charge is 0.272 e. The number of halogens is 2. The second-order valence-corrected chi connectivity index (χ2v) is 7.86. The van der Waals surface area contributed by atoms with Gasteiger partial charge in [0, 0.05) is 17.2 Å². The summed E-state index contributed by atoms with van der Waals surface area (Å²) in [5.74, 6) is 0.491. The molecule has 0 amide bonds. The lowest BCUT2D eigenvalue weighted by Crippen LogP contribution is -2.20. The molecule has 25 heavy (non-hydrogen) atoms. The second kappa shape index (κ2) is 6.48. The number of aryl methyl sites for hydroxylation is 1. The fourth-order valence-corrected chi connectivity index (χ4v) is 4.21. The second-order valence-electron chi connectivity index (χ2n) is 5.88. The van der Waals surface area contributed by atoms with Crippen molar-refractivity contribution in [2.24, 2.45) is 0 Å². The number of benzene rings is 2. The van der Waals surface area contributed by atoms with Gasteiger partial charge in [0.05, 0.1) is 10.0 Å². The number of carbonyl (C=O) groups is 1. The van der Waals surface area contributed by atoms with Gasteiger partial charge in [-0.1, -0.05) is 64.8 Å². The first-order valence-corrected chi connectivity index (χ1v) is 9.34. The van der Waals surface area contributed by atoms with Gasteiger partial charge in [0.25, 0.3) is 5.91 Å². The Morgan fingerprint density at radius 2 is 2.00 bits per heavy atom. The van der Waals surface area contributed by atoms with Crippen molar-refractivity contribution in [2.75, 3.05) is 0 Å². The highest BCUT2D eigenvalue weighted by molar-refractivity contribution is 7.99. The molecule has 7 heteroatoms. The molecular weight excluding hydrogens is 377 g/mol. The SMILES string of the molecule is Cc1cccc(-c2nc3n(n2)C(=O)CC(c2ccc(Cl)c(Cl)c2)S3)c1. The van der Waals surface area contributed by atoms with E-state index in [1.807, 2.05) is 43.3 Å². The summed E-state index contributed by atoms with van der Waals surface area (Å²) in [7, 11) is 0. The van der Waals surface area contributed by atoms with Crippen LogP contribution in [0.15, 0.2) is 47.6 Å². The smallest absolute Gasteiger partial charge is 0.250 e. The summed E-state index contributed by atoms with van der Waals surface area (Å²) in [6, 6.07) is 13.4. The van der Waals surface area contributed by atoms with Crippen LogP contribution in [-0.4, -0.2) is 20.7 Å². The Morgan fingerprint density at radius 1 is 1.16 bits per heavy atom. The van der Waals surface area contributed by atoms with E-state index < -0.39 is 0 Å². The van der Waals surface area contributed by atoms with Crippen molar-refractivity contribution >= 4 is 40.9 Å². The third-order valence-corrected chi connectivity index (χ3v) is 5.95. The van der Waals surface area contributed by atoms with Gasteiger partial charge in [-0.15, -0.1) is 5.10 Å². The summed E-state index contributed by atoms with van der Waals surface area (Å²) in [6.07, 6.45) is 0.340.